The Labute approximate surface area is 128 Å². The number of aromatic amines is 1. The molecule has 1 aromatic carbocycles. The third kappa shape index (κ3) is 2.83. The Balaban J connectivity index is 1.91. The van der Waals surface area contributed by atoms with E-state index >= 15 is 0 Å². The van der Waals surface area contributed by atoms with E-state index in [4.69, 9.17) is 0 Å². The highest BCUT2D eigenvalue weighted by molar-refractivity contribution is 7.98. The van der Waals surface area contributed by atoms with Crippen molar-refractivity contribution in [3.05, 3.63) is 47.8 Å². The largest absolute Gasteiger partial charge is 0.331 e. The summed E-state index contributed by atoms with van der Waals surface area (Å²) in [5.41, 5.74) is 1.91. The Morgan fingerprint density at radius 1 is 1.38 bits per heavy atom. The van der Waals surface area contributed by atoms with Crippen LogP contribution in [-0.2, 0) is 0 Å². The quantitative estimate of drug-likeness (QED) is 0.883. The number of thioether (sulfide) groups is 1. The second kappa shape index (κ2) is 6.35. The number of hydrogen-bond donors (Lipinski definition) is 1. The van der Waals surface area contributed by atoms with Crippen molar-refractivity contribution >= 4 is 17.7 Å². The molecule has 2 aromatic rings. The average molecular weight is 301 g/mol. The molecule has 1 aliphatic rings. The fourth-order valence-electron chi connectivity index (χ4n) is 2.94. The van der Waals surface area contributed by atoms with Crippen molar-refractivity contribution in [3.63, 3.8) is 0 Å². The van der Waals surface area contributed by atoms with E-state index in [0.717, 1.165) is 41.8 Å². The van der Waals surface area contributed by atoms with Crippen LogP contribution in [0.4, 0.5) is 0 Å². The van der Waals surface area contributed by atoms with Crippen molar-refractivity contribution in [2.45, 2.75) is 30.2 Å². The summed E-state index contributed by atoms with van der Waals surface area (Å²) in [7, 11) is 0. The molecule has 1 fully saturated rings. The second-order valence-electron chi connectivity index (χ2n) is 5.24. The summed E-state index contributed by atoms with van der Waals surface area (Å²) in [5, 5.41) is 6.89. The number of benzene rings is 1. The number of aromatic nitrogens is 2. The highest BCUT2D eigenvalue weighted by Crippen LogP contribution is 2.33. The van der Waals surface area contributed by atoms with E-state index in [1.54, 1.807) is 11.8 Å². The maximum atomic E-state index is 13.0. The molecule has 3 rings (SSSR count). The Kier molecular flexibility index (Phi) is 4.29. The highest BCUT2D eigenvalue weighted by atomic mass is 32.2. The molecule has 0 bridgehead atoms. The van der Waals surface area contributed by atoms with Crippen molar-refractivity contribution in [2.24, 2.45) is 0 Å². The summed E-state index contributed by atoms with van der Waals surface area (Å²) in [5.74, 6) is 0.130. The van der Waals surface area contributed by atoms with Gasteiger partial charge in [0.15, 0.2) is 0 Å². The summed E-state index contributed by atoms with van der Waals surface area (Å²) in [4.78, 5) is 16.0. The first-order valence-corrected chi connectivity index (χ1v) is 8.46. The number of piperidine rings is 1. The first-order chi connectivity index (χ1) is 10.3. The van der Waals surface area contributed by atoms with E-state index in [9.17, 15) is 4.79 Å². The maximum Gasteiger partial charge on any atom is 0.255 e. The number of likely N-dealkylation sites (tertiary alicyclic amines) is 1. The lowest BCUT2D eigenvalue weighted by Gasteiger charge is -2.35. The molecular formula is C16H19N3OS. The Bertz CT molecular complexity index is 612. The van der Waals surface area contributed by atoms with Gasteiger partial charge in [0.25, 0.3) is 5.91 Å². The molecule has 1 amide bonds. The normalized spacial score (nSPS) is 18.7. The van der Waals surface area contributed by atoms with Crippen molar-refractivity contribution in [3.8, 4) is 0 Å². The molecule has 2 heterocycles. The standard InChI is InChI=1S/C16H19N3OS/c1-21-15-8-3-2-6-13(15)16(20)19-9-5-4-7-14(19)12-10-17-18-11-12/h2-3,6,8,10-11,14H,4-5,7,9H2,1H3,(H,17,18). The van der Waals surface area contributed by atoms with Gasteiger partial charge in [0.2, 0.25) is 0 Å². The predicted molar refractivity (Wildman–Crippen MR) is 84.4 cm³/mol. The van der Waals surface area contributed by atoms with Crippen LogP contribution in [0.2, 0.25) is 0 Å². The van der Waals surface area contributed by atoms with Gasteiger partial charge in [0, 0.05) is 23.2 Å². The molecule has 21 heavy (non-hydrogen) atoms. The van der Waals surface area contributed by atoms with Gasteiger partial charge < -0.3 is 4.90 Å². The predicted octanol–water partition coefficient (Wildman–Crippen LogP) is 3.50. The monoisotopic (exact) mass is 301 g/mol. The summed E-state index contributed by atoms with van der Waals surface area (Å²) < 4.78 is 0. The van der Waals surface area contributed by atoms with Crippen LogP contribution in [0.1, 0.15) is 41.2 Å². The van der Waals surface area contributed by atoms with E-state index in [0.29, 0.717) is 0 Å². The third-order valence-electron chi connectivity index (χ3n) is 4.01. The van der Waals surface area contributed by atoms with E-state index < -0.39 is 0 Å². The van der Waals surface area contributed by atoms with Gasteiger partial charge in [-0.3, -0.25) is 9.89 Å². The number of H-pyrrole nitrogens is 1. The summed E-state index contributed by atoms with van der Waals surface area (Å²) in [6.07, 6.45) is 8.97. The minimum atomic E-state index is 0.130. The molecule has 1 N–H and O–H groups in total. The lowest BCUT2D eigenvalue weighted by Crippen LogP contribution is -2.38. The molecule has 4 nitrogen and oxygen atoms in total. The van der Waals surface area contributed by atoms with Crippen LogP contribution in [0.25, 0.3) is 0 Å². The molecule has 0 spiro atoms. The number of nitrogens with zero attached hydrogens (tertiary/aromatic N) is 2. The van der Waals surface area contributed by atoms with Gasteiger partial charge in [0.1, 0.15) is 0 Å². The molecule has 1 atom stereocenters. The number of rotatable bonds is 3. The highest BCUT2D eigenvalue weighted by Gasteiger charge is 2.30. The van der Waals surface area contributed by atoms with Gasteiger partial charge in [-0.05, 0) is 37.7 Å². The first-order valence-electron chi connectivity index (χ1n) is 7.24. The fraction of sp³-hybridized carbons (Fsp3) is 0.375. The zero-order chi connectivity index (χ0) is 14.7. The lowest BCUT2D eigenvalue weighted by atomic mass is 9.96. The van der Waals surface area contributed by atoms with Crippen LogP contribution in [0.15, 0.2) is 41.6 Å². The summed E-state index contributed by atoms with van der Waals surface area (Å²) in [6, 6.07) is 7.99. The van der Waals surface area contributed by atoms with Crippen LogP contribution < -0.4 is 0 Å². The molecule has 0 radical (unpaired) electrons. The van der Waals surface area contributed by atoms with Crippen LogP contribution in [-0.4, -0.2) is 33.8 Å². The Morgan fingerprint density at radius 2 is 2.24 bits per heavy atom. The molecule has 1 saturated heterocycles. The number of amides is 1. The molecule has 110 valence electrons. The first kappa shape index (κ1) is 14.2. The fourth-order valence-corrected chi connectivity index (χ4v) is 3.53. The molecule has 0 saturated carbocycles. The minimum Gasteiger partial charge on any atom is -0.331 e. The second-order valence-corrected chi connectivity index (χ2v) is 6.09. The number of carbonyl (C=O) groups is 1. The Morgan fingerprint density at radius 3 is 3.00 bits per heavy atom. The number of nitrogens with one attached hydrogen (secondary N) is 1. The third-order valence-corrected chi connectivity index (χ3v) is 4.80. The molecule has 1 aliphatic heterocycles. The molecule has 1 unspecified atom stereocenters. The number of hydrogen-bond acceptors (Lipinski definition) is 3. The maximum absolute atomic E-state index is 13.0. The zero-order valence-corrected chi connectivity index (χ0v) is 12.9. The van der Waals surface area contributed by atoms with Crippen LogP contribution >= 0.6 is 11.8 Å². The van der Waals surface area contributed by atoms with Crippen molar-refractivity contribution in [1.82, 2.24) is 15.1 Å². The van der Waals surface area contributed by atoms with Gasteiger partial charge in [-0.15, -0.1) is 11.8 Å². The topological polar surface area (TPSA) is 49.0 Å². The van der Waals surface area contributed by atoms with Gasteiger partial charge in [-0.25, -0.2) is 0 Å². The summed E-state index contributed by atoms with van der Waals surface area (Å²) >= 11 is 1.62. The van der Waals surface area contributed by atoms with Crippen molar-refractivity contribution in [2.75, 3.05) is 12.8 Å². The zero-order valence-electron chi connectivity index (χ0n) is 12.1. The van der Waals surface area contributed by atoms with E-state index in [-0.39, 0.29) is 11.9 Å². The van der Waals surface area contributed by atoms with Gasteiger partial charge in [-0.1, -0.05) is 12.1 Å². The van der Waals surface area contributed by atoms with Crippen LogP contribution in [0, 0.1) is 0 Å². The lowest BCUT2D eigenvalue weighted by molar-refractivity contribution is 0.0608. The molecular weight excluding hydrogens is 282 g/mol. The molecule has 0 aliphatic carbocycles. The minimum absolute atomic E-state index is 0.130. The van der Waals surface area contributed by atoms with E-state index in [1.165, 1.54) is 0 Å². The summed E-state index contributed by atoms with van der Waals surface area (Å²) in [6.45, 7) is 0.817. The smallest absolute Gasteiger partial charge is 0.255 e. The van der Waals surface area contributed by atoms with Crippen LogP contribution in [0.5, 0.6) is 0 Å². The van der Waals surface area contributed by atoms with Gasteiger partial charge in [0.05, 0.1) is 17.8 Å². The average Bonchev–Trinajstić information content (AvgIpc) is 3.08. The van der Waals surface area contributed by atoms with E-state index in [1.807, 2.05) is 47.8 Å². The van der Waals surface area contributed by atoms with E-state index in [2.05, 4.69) is 10.2 Å². The number of carbonyl (C=O) groups excluding carboxylic acids is 1. The Hall–Kier alpha value is -1.75. The SMILES string of the molecule is CSc1ccccc1C(=O)N1CCCCC1c1cn[nH]c1. The van der Waals surface area contributed by atoms with Gasteiger partial charge >= 0.3 is 0 Å². The molecule has 5 heteroatoms. The van der Waals surface area contributed by atoms with Crippen molar-refractivity contribution in [1.29, 1.82) is 0 Å². The van der Waals surface area contributed by atoms with Crippen LogP contribution in [0.3, 0.4) is 0 Å². The van der Waals surface area contributed by atoms with Crippen molar-refractivity contribution < 1.29 is 4.79 Å². The van der Waals surface area contributed by atoms with Gasteiger partial charge in [-0.2, -0.15) is 5.10 Å². The molecule has 1 aromatic heterocycles.